The Kier molecular flexibility index (Phi) is 3.72. The molecule has 1 heterocycles. The van der Waals surface area contributed by atoms with E-state index in [9.17, 15) is 8.42 Å². The molecule has 2 N–H and O–H groups in total. The van der Waals surface area contributed by atoms with E-state index < -0.39 is 10.0 Å². The average molecular weight is 287 g/mol. The molecule has 0 atom stereocenters. The fourth-order valence-electron chi connectivity index (χ4n) is 2.17. The van der Waals surface area contributed by atoms with Crippen LogP contribution in [0.4, 0.5) is 0 Å². The summed E-state index contributed by atoms with van der Waals surface area (Å²) in [7, 11) is -3.52. The topological polar surface area (TPSA) is 84.2 Å². The molecule has 0 bridgehead atoms. The minimum atomic E-state index is -3.52. The van der Waals surface area contributed by atoms with E-state index in [2.05, 4.69) is 9.82 Å². The summed E-state index contributed by atoms with van der Waals surface area (Å²) in [5.41, 5.74) is 0.847. The Balaban J connectivity index is 2.31. The summed E-state index contributed by atoms with van der Waals surface area (Å²) in [5, 5.41) is 13.1. The monoisotopic (exact) mass is 287 g/mol. The van der Waals surface area contributed by atoms with Gasteiger partial charge in [-0.2, -0.15) is 5.10 Å². The van der Waals surface area contributed by atoms with Crippen molar-refractivity contribution in [3.05, 3.63) is 11.4 Å². The highest BCUT2D eigenvalue weighted by Crippen LogP contribution is 2.36. The van der Waals surface area contributed by atoms with Gasteiger partial charge in [-0.05, 0) is 40.0 Å². The minimum Gasteiger partial charge on any atom is -0.396 e. The molecule has 7 heteroatoms. The van der Waals surface area contributed by atoms with Crippen molar-refractivity contribution in [2.24, 2.45) is 0 Å². The van der Waals surface area contributed by atoms with Gasteiger partial charge in [-0.15, -0.1) is 0 Å². The molecule has 1 aliphatic rings. The zero-order chi connectivity index (χ0) is 14.3. The van der Waals surface area contributed by atoms with Crippen molar-refractivity contribution in [2.45, 2.75) is 57.0 Å². The molecule has 0 unspecified atom stereocenters. The number of nitrogens with zero attached hydrogens (tertiary/aromatic N) is 2. The molecule has 0 spiro atoms. The fraction of sp³-hybridized carbons (Fsp3) is 0.750. The van der Waals surface area contributed by atoms with E-state index in [1.165, 1.54) is 0 Å². The Labute approximate surface area is 113 Å². The van der Waals surface area contributed by atoms with Crippen LogP contribution in [0.3, 0.4) is 0 Å². The number of aromatic nitrogens is 2. The lowest BCUT2D eigenvalue weighted by atomic mass is 10.4. The molecule has 1 fully saturated rings. The number of aryl methyl sites for hydroxylation is 2. The Bertz CT molecular complexity index is 573. The molecule has 0 radical (unpaired) electrons. The quantitative estimate of drug-likeness (QED) is 0.807. The first kappa shape index (κ1) is 14.5. The zero-order valence-corrected chi connectivity index (χ0v) is 12.4. The first-order chi connectivity index (χ1) is 8.79. The van der Waals surface area contributed by atoms with Crippen molar-refractivity contribution < 1.29 is 13.5 Å². The molecule has 1 aromatic heterocycles. The summed E-state index contributed by atoms with van der Waals surface area (Å²) >= 11 is 0. The van der Waals surface area contributed by atoms with Crippen LogP contribution in [-0.4, -0.2) is 35.5 Å². The van der Waals surface area contributed by atoms with Crippen molar-refractivity contribution in [3.63, 3.8) is 0 Å². The van der Waals surface area contributed by atoms with Gasteiger partial charge < -0.3 is 5.11 Å². The summed E-state index contributed by atoms with van der Waals surface area (Å²) in [4.78, 5) is 0.276. The van der Waals surface area contributed by atoms with Crippen LogP contribution in [-0.2, 0) is 16.6 Å². The molecular formula is C12H21N3O3S. The van der Waals surface area contributed by atoms with Gasteiger partial charge in [-0.3, -0.25) is 4.68 Å². The normalized spacial score (nSPS) is 17.7. The van der Waals surface area contributed by atoms with Gasteiger partial charge in [0.25, 0.3) is 0 Å². The minimum absolute atomic E-state index is 0.0662. The van der Waals surface area contributed by atoms with Crippen LogP contribution in [0.2, 0.25) is 0 Å². The highest BCUT2D eigenvalue weighted by Gasteiger charge is 2.42. The molecule has 2 rings (SSSR count). The van der Waals surface area contributed by atoms with E-state index in [0.717, 1.165) is 12.8 Å². The third kappa shape index (κ3) is 2.98. The van der Waals surface area contributed by atoms with E-state index in [-0.39, 0.29) is 17.0 Å². The highest BCUT2D eigenvalue weighted by atomic mass is 32.2. The molecule has 0 aliphatic heterocycles. The third-order valence-electron chi connectivity index (χ3n) is 3.49. The lowest BCUT2D eigenvalue weighted by Gasteiger charge is -2.12. The first-order valence-corrected chi connectivity index (χ1v) is 7.96. The summed E-state index contributed by atoms with van der Waals surface area (Å²) in [6.07, 6.45) is 2.32. The highest BCUT2D eigenvalue weighted by molar-refractivity contribution is 7.89. The maximum absolute atomic E-state index is 12.4. The van der Waals surface area contributed by atoms with Gasteiger partial charge in [0, 0.05) is 18.7 Å². The molecule has 108 valence electrons. The molecular weight excluding hydrogens is 266 g/mol. The van der Waals surface area contributed by atoms with Crippen molar-refractivity contribution in [1.29, 1.82) is 0 Å². The second-order valence-corrected chi connectivity index (χ2v) is 7.09. The van der Waals surface area contributed by atoms with Gasteiger partial charge in [0.1, 0.15) is 4.90 Å². The molecule has 6 nitrogen and oxygen atoms in total. The van der Waals surface area contributed by atoms with E-state index in [1.54, 1.807) is 18.5 Å². The molecule has 1 saturated carbocycles. The van der Waals surface area contributed by atoms with Crippen molar-refractivity contribution in [3.8, 4) is 0 Å². The number of hydrogen-bond acceptors (Lipinski definition) is 4. The number of hydrogen-bond donors (Lipinski definition) is 2. The Hall–Kier alpha value is -0.920. The van der Waals surface area contributed by atoms with E-state index >= 15 is 0 Å². The summed E-state index contributed by atoms with van der Waals surface area (Å²) in [5.74, 6) is 0. The number of sulfonamides is 1. The summed E-state index contributed by atoms with van der Waals surface area (Å²) < 4.78 is 29.2. The average Bonchev–Trinajstić information content (AvgIpc) is 2.91. The molecule has 0 saturated heterocycles. The van der Waals surface area contributed by atoms with Crippen LogP contribution < -0.4 is 4.72 Å². The van der Waals surface area contributed by atoms with Crippen molar-refractivity contribution in [1.82, 2.24) is 14.5 Å². The maximum atomic E-state index is 12.4. The zero-order valence-electron chi connectivity index (χ0n) is 11.6. The molecule has 19 heavy (non-hydrogen) atoms. The lowest BCUT2D eigenvalue weighted by Crippen LogP contribution is -2.34. The second kappa shape index (κ2) is 4.88. The lowest BCUT2D eigenvalue weighted by molar-refractivity contribution is 0.276. The van der Waals surface area contributed by atoms with Crippen LogP contribution in [0.1, 0.15) is 37.6 Å². The van der Waals surface area contributed by atoms with Gasteiger partial charge in [-0.25, -0.2) is 13.1 Å². The Morgan fingerprint density at radius 1 is 1.42 bits per heavy atom. The van der Waals surface area contributed by atoms with E-state index in [4.69, 9.17) is 5.11 Å². The predicted octanol–water partition coefficient (Wildman–Crippen LogP) is 0.713. The molecule has 1 aliphatic carbocycles. The Morgan fingerprint density at radius 3 is 2.58 bits per heavy atom. The summed E-state index contributed by atoms with van der Waals surface area (Å²) in [6, 6.07) is 0. The molecule has 0 amide bonds. The van der Waals surface area contributed by atoms with Gasteiger partial charge in [-0.1, -0.05) is 0 Å². The number of aliphatic hydroxyl groups is 1. The van der Waals surface area contributed by atoms with Crippen LogP contribution >= 0.6 is 0 Å². The number of rotatable bonds is 6. The molecule has 1 aromatic rings. The van der Waals surface area contributed by atoms with E-state index in [0.29, 0.717) is 24.4 Å². The number of nitrogens with one attached hydrogen (secondary N) is 1. The van der Waals surface area contributed by atoms with Crippen LogP contribution in [0.5, 0.6) is 0 Å². The van der Waals surface area contributed by atoms with Gasteiger partial charge in [0.05, 0.1) is 11.4 Å². The smallest absolute Gasteiger partial charge is 0.244 e. The first-order valence-electron chi connectivity index (χ1n) is 6.48. The molecule has 0 aromatic carbocycles. The van der Waals surface area contributed by atoms with Crippen LogP contribution in [0, 0.1) is 13.8 Å². The standard InChI is InChI=1S/C12H21N3O3S/c1-9-11(10(2)15(13-9)7-4-8-16)19(17,18)14-12(3)5-6-12/h14,16H,4-8H2,1-3H3. The van der Waals surface area contributed by atoms with E-state index in [1.807, 2.05) is 6.92 Å². The van der Waals surface area contributed by atoms with Gasteiger partial charge in [0.15, 0.2) is 0 Å². The largest absolute Gasteiger partial charge is 0.396 e. The van der Waals surface area contributed by atoms with Gasteiger partial charge in [0.2, 0.25) is 10.0 Å². The van der Waals surface area contributed by atoms with Crippen LogP contribution in [0.15, 0.2) is 4.90 Å². The van der Waals surface area contributed by atoms with Crippen molar-refractivity contribution in [2.75, 3.05) is 6.61 Å². The van der Waals surface area contributed by atoms with Gasteiger partial charge >= 0.3 is 0 Å². The summed E-state index contributed by atoms with van der Waals surface area (Å²) in [6.45, 7) is 5.95. The fourth-order valence-corrected chi connectivity index (χ4v) is 4.05. The number of aliphatic hydroxyl groups excluding tert-OH is 1. The predicted molar refractivity (Wildman–Crippen MR) is 71.4 cm³/mol. The van der Waals surface area contributed by atoms with Crippen molar-refractivity contribution >= 4 is 10.0 Å². The Morgan fingerprint density at radius 2 is 2.05 bits per heavy atom. The second-order valence-electron chi connectivity index (χ2n) is 5.47. The van der Waals surface area contributed by atoms with Crippen LogP contribution in [0.25, 0.3) is 0 Å². The maximum Gasteiger partial charge on any atom is 0.244 e. The SMILES string of the molecule is Cc1nn(CCCO)c(C)c1S(=O)(=O)NC1(C)CC1. The third-order valence-corrected chi connectivity index (χ3v) is 5.38.